The highest BCUT2D eigenvalue weighted by Gasteiger charge is 2.39. The third-order valence-electron chi connectivity index (χ3n) is 9.92. The Balaban J connectivity index is 1.40. The fourth-order valence-electron chi connectivity index (χ4n) is 7.65. The smallest absolute Gasteiger partial charge is 0.416 e. The first-order valence-electron chi connectivity index (χ1n) is 16.2. The van der Waals surface area contributed by atoms with Crippen LogP contribution in [0.4, 0.5) is 38.0 Å². The minimum Gasteiger partial charge on any atom is -0.481 e. The van der Waals surface area contributed by atoms with E-state index >= 15 is 0 Å². The van der Waals surface area contributed by atoms with Crippen molar-refractivity contribution in [3.05, 3.63) is 63.2 Å². The Labute approximate surface area is 273 Å². The van der Waals surface area contributed by atoms with Gasteiger partial charge in [-0.25, -0.2) is 0 Å². The number of fused-ring (bicyclic) bond motifs is 2. The van der Waals surface area contributed by atoms with Crippen LogP contribution in [0.15, 0.2) is 24.3 Å². The molecule has 2 aliphatic heterocycles. The van der Waals surface area contributed by atoms with Crippen molar-refractivity contribution in [3.8, 4) is 0 Å². The van der Waals surface area contributed by atoms with Gasteiger partial charge in [0.1, 0.15) is 0 Å². The number of carbonyl (C=O) groups is 1. The number of carboxylic acids is 1. The quantitative estimate of drug-likeness (QED) is 0.250. The summed E-state index contributed by atoms with van der Waals surface area (Å²) in [5.41, 5.74) is 2.07. The summed E-state index contributed by atoms with van der Waals surface area (Å²) >= 11 is 0. The largest absolute Gasteiger partial charge is 0.481 e. The molecule has 0 spiro atoms. The molecule has 260 valence electrons. The van der Waals surface area contributed by atoms with Gasteiger partial charge in [0, 0.05) is 31.7 Å². The highest BCUT2D eigenvalue weighted by atomic mass is 19.4. The Morgan fingerprint density at radius 2 is 1.65 bits per heavy atom. The van der Waals surface area contributed by atoms with Crippen molar-refractivity contribution >= 4 is 17.6 Å². The van der Waals surface area contributed by atoms with Crippen molar-refractivity contribution in [1.82, 2.24) is 20.2 Å². The number of benzene rings is 2. The topological polar surface area (TPSA) is 96.6 Å². The van der Waals surface area contributed by atoms with Gasteiger partial charge in [-0.15, -0.1) is 5.10 Å². The molecular weight excluding hydrogens is 642 g/mol. The van der Waals surface area contributed by atoms with E-state index in [4.69, 9.17) is 4.74 Å². The van der Waals surface area contributed by atoms with Gasteiger partial charge in [-0.05, 0) is 115 Å². The molecule has 3 aromatic rings. The molecule has 0 radical (unpaired) electrons. The van der Waals surface area contributed by atoms with E-state index in [9.17, 15) is 36.2 Å². The zero-order valence-electron chi connectivity index (χ0n) is 26.7. The van der Waals surface area contributed by atoms with Crippen LogP contribution in [-0.2, 0) is 48.7 Å². The Hall–Kier alpha value is -3.88. The van der Waals surface area contributed by atoms with Gasteiger partial charge < -0.3 is 19.6 Å². The maximum absolute atomic E-state index is 13.8. The van der Waals surface area contributed by atoms with Gasteiger partial charge in [-0.3, -0.25) is 4.79 Å². The van der Waals surface area contributed by atoms with Gasteiger partial charge in [0.05, 0.1) is 37.4 Å². The van der Waals surface area contributed by atoms with Crippen molar-refractivity contribution < 1.29 is 41.0 Å². The van der Waals surface area contributed by atoms with E-state index in [2.05, 4.69) is 26.4 Å². The summed E-state index contributed by atoms with van der Waals surface area (Å²) in [6, 6.07) is 3.22. The molecule has 6 rings (SSSR count). The molecule has 1 saturated carbocycles. The number of aliphatic carboxylic acids is 1. The number of aryl methyl sites for hydroxylation is 1. The normalized spacial score (nSPS) is 21.5. The number of rotatable bonds is 8. The maximum Gasteiger partial charge on any atom is 0.416 e. The number of hydrogen-bond acceptors (Lipinski definition) is 7. The molecule has 48 heavy (non-hydrogen) atoms. The molecule has 15 heteroatoms. The number of tetrazole rings is 1. The molecule has 1 N–H and O–H groups in total. The Morgan fingerprint density at radius 1 is 0.979 bits per heavy atom. The molecule has 3 heterocycles. The molecule has 1 aromatic heterocycles. The van der Waals surface area contributed by atoms with E-state index in [1.807, 2.05) is 6.92 Å². The second-order valence-corrected chi connectivity index (χ2v) is 13.3. The van der Waals surface area contributed by atoms with E-state index in [0.717, 1.165) is 72.3 Å². The fourth-order valence-corrected chi connectivity index (χ4v) is 7.65. The van der Waals surface area contributed by atoms with Crippen LogP contribution in [0.3, 0.4) is 0 Å². The molecule has 1 atom stereocenters. The van der Waals surface area contributed by atoms with E-state index in [0.29, 0.717) is 38.5 Å². The summed E-state index contributed by atoms with van der Waals surface area (Å²) in [5.74, 6) is -0.158. The molecule has 1 aliphatic carbocycles. The predicted octanol–water partition coefficient (Wildman–Crippen LogP) is 7.22. The molecule has 0 saturated heterocycles. The number of hydrogen-bond donors (Lipinski definition) is 1. The van der Waals surface area contributed by atoms with E-state index in [1.54, 1.807) is 11.9 Å². The molecule has 1 unspecified atom stereocenters. The van der Waals surface area contributed by atoms with Crippen molar-refractivity contribution in [3.63, 3.8) is 0 Å². The summed E-state index contributed by atoms with van der Waals surface area (Å²) in [6.45, 7) is 4.03. The summed E-state index contributed by atoms with van der Waals surface area (Å²) in [7, 11) is 1.54. The van der Waals surface area contributed by atoms with Crippen LogP contribution in [0, 0.1) is 18.8 Å². The molecule has 9 nitrogen and oxygen atoms in total. The van der Waals surface area contributed by atoms with E-state index < -0.39 is 35.5 Å². The number of carboxylic acid groups (broad SMARTS) is 1. The van der Waals surface area contributed by atoms with Crippen LogP contribution in [0.2, 0.25) is 0 Å². The number of nitrogens with zero attached hydrogens (tertiary/aromatic N) is 6. The SMILES string of the molecule is Cc1c2c(cc3c1N(CC1CCC(CC(=O)O)CC1)CCCC3N(Cc1cc(C(F)(F)F)cc(C(F)(F)F)c1)c1nnn(C)n1)COC2. The molecular formula is C33H38F6N6O3. The van der Waals surface area contributed by atoms with Gasteiger partial charge in [0.2, 0.25) is 0 Å². The average Bonchev–Trinajstić information content (AvgIpc) is 3.62. The Kier molecular flexibility index (Phi) is 9.35. The predicted molar refractivity (Wildman–Crippen MR) is 163 cm³/mol. The van der Waals surface area contributed by atoms with Crippen molar-refractivity contribution in [2.45, 2.75) is 90.0 Å². The summed E-state index contributed by atoms with van der Waals surface area (Å²) in [5, 5.41) is 21.7. The van der Waals surface area contributed by atoms with Crippen molar-refractivity contribution in [1.29, 1.82) is 0 Å². The lowest BCUT2D eigenvalue weighted by atomic mass is 9.80. The highest BCUT2D eigenvalue weighted by molar-refractivity contribution is 5.68. The number of anilines is 2. The maximum atomic E-state index is 13.8. The molecule has 2 aromatic carbocycles. The van der Waals surface area contributed by atoms with Crippen molar-refractivity contribution in [2.24, 2.45) is 18.9 Å². The Bertz CT molecular complexity index is 1620. The van der Waals surface area contributed by atoms with Gasteiger partial charge in [0.25, 0.3) is 5.95 Å². The molecule has 3 aliphatic rings. The lowest BCUT2D eigenvalue weighted by Gasteiger charge is -2.36. The number of ether oxygens (including phenoxy) is 1. The lowest BCUT2D eigenvalue weighted by Crippen LogP contribution is -2.34. The van der Waals surface area contributed by atoms with Crippen LogP contribution in [-0.4, -0.2) is 44.4 Å². The number of halogens is 6. The Morgan fingerprint density at radius 3 is 2.25 bits per heavy atom. The second kappa shape index (κ2) is 13.2. The van der Waals surface area contributed by atoms with Gasteiger partial charge >= 0.3 is 18.3 Å². The minimum absolute atomic E-state index is 0.0963. The van der Waals surface area contributed by atoms with Crippen LogP contribution in [0.25, 0.3) is 0 Å². The highest BCUT2D eigenvalue weighted by Crippen LogP contribution is 2.45. The van der Waals surface area contributed by atoms with Crippen LogP contribution in [0.5, 0.6) is 0 Å². The van der Waals surface area contributed by atoms with Gasteiger partial charge in [-0.1, -0.05) is 5.10 Å². The molecule has 0 amide bonds. The van der Waals surface area contributed by atoms with E-state index in [1.165, 1.54) is 4.80 Å². The molecule has 1 fully saturated rings. The number of alkyl halides is 6. The average molecular weight is 681 g/mol. The van der Waals surface area contributed by atoms with E-state index in [-0.39, 0.29) is 36.5 Å². The summed E-state index contributed by atoms with van der Waals surface area (Å²) in [4.78, 5) is 16.5. The van der Waals surface area contributed by atoms with Crippen LogP contribution < -0.4 is 9.80 Å². The van der Waals surface area contributed by atoms with Crippen molar-refractivity contribution in [2.75, 3.05) is 22.9 Å². The van der Waals surface area contributed by atoms with Crippen LogP contribution >= 0.6 is 0 Å². The minimum atomic E-state index is -4.98. The summed E-state index contributed by atoms with van der Waals surface area (Å²) < 4.78 is 88.8. The first-order valence-corrected chi connectivity index (χ1v) is 16.2. The number of aromatic nitrogens is 4. The van der Waals surface area contributed by atoms with Crippen LogP contribution in [0.1, 0.15) is 89.9 Å². The molecule has 0 bridgehead atoms. The first kappa shape index (κ1) is 34.0. The van der Waals surface area contributed by atoms with Gasteiger partial charge in [-0.2, -0.15) is 31.1 Å². The second-order valence-electron chi connectivity index (χ2n) is 13.3. The zero-order chi connectivity index (χ0) is 34.4. The standard InChI is InChI=1S/C33H38F6N6O3/c1-19-27-18-48-17-23(27)13-26-28(4-3-9-44(30(19)26)15-21-7-5-20(6-8-21)12-29(46)47)45(31-40-42-43(2)41-31)16-22-10-24(32(34,35)36)14-25(11-22)33(37,38)39/h10-11,13-14,20-21,28H,3-9,12,15-18H2,1-2H3,(H,46,47). The zero-order valence-corrected chi connectivity index (χ0v) is 26.7. The monoisotopic (exact) mass is 680 g/mol. The first-order chi connectivity index (χ1) is 22.7. The fraction of sp³-hybridized carbons (Fsp3) is 0.576. The summed E-state index contributed by atoms with van der Waals surface area (Å²) in [6.07, 6.45) is -5.04. The third-order valence-corrected chi connectivity index (χ3v) is 9.92. The lowest BCUT2D eigenvalue weighted by molar-refractivity contribution is -0.143. The third kappa shape index (κ3) is 7.25. The van der Waals surface area contributed by atoms with Gasteiger partial charge in [0.15, 0.2) is 0 Å².